The standard InChI is InChI=1S/C26H24F2N10O2/c1-26(2,40)22(28)13-32-24(39)18-11-30-20(21-12-31-23-5-15(7-29)8-35-38(21)23)6-19(18)36-17-3-4-37(14-17)25-33-9-16(27)10-34-25/h5-6,8-12,22,40H,3-4,13-14H2,1-2H3,(H,32,39)/t22-/m1/s1. The van der Waals surface area contributed by atoms with E-state index in [1.54, 1.807) is 18.3 Å². The number of halogens is 2. The minimum atomic E-state index is -1.69. The molecule has 4 aromatic rings. The number of imidazole rings is 1. The van der Waals surface area contributed by atoms with E-state index in [0.717, 1.165) is 12.4 Å². The summed E-state index contributed by atoms with van der Waals surface area (Å²) in [6.07, 6.45) is 5.30. The highest BCUT2D eigenvalue weighted by atomic mass is 19.1. The van der Waals surface area contributed by atoms with Crippen LogP contribution in [0.2, 0.25) is 0 Å². The van der Waals surface area contributed by atoms with Gasteiger partial charge in [0, 0.05) is 30.9 Å². The number of fused-ring (bicyclic) bond motifs is 1. The summed E-state index contributed by atoms with van der Waals surface area (Å²) in [5.41, 5.74) is 1.18. The van der Waals surface area contributed by atoms with Gasteiger partial charge >= 0.3 is 0 Å². The lowest BCUT2D eigenvalue weighted by molar-refractivity contribution is -0.00177. The highest BCUT2D eigenvalue weighted by Crippen LogP contribution is 2.28. The molecule has 0 bridgehead atoms. The number of carbonyl (C=O) groups is 1. The molecule has 12 nitrogen and oxygen atoms in total. The van der Waals surface area contributed by atoms with Crippen LogP contribution < -0.4 is 10.2 Å². The first-order valence-electron chi connectivity index (χ1n) is 12.3. The average Bonchev–Trinajstić information content (AvgIpc) is 3.58. The molecule has 1 saturated heterocycles. The fourth-order valence-electron chi connectivity index (χ4n) is 4.03. The Hall–Kier alpha value is -4.90. The number of carbonyl (C=O) groups excluding carboxylic acids is 1. The van der Waals surface area contributed by atoms with Crippen LogP contribution in [0.25, 0.3) is 17.0 Å². The summed E-state index contributed by atoms with van der Waals surface area (Å²) < 4.78 is 29.1. The third kappa shape index (κ3) is 5.59. The molecule has 0 aromatic carbocycles. The molecule has 0 spiro atoms. The van der Waals surface area contributed by atoms with Gasteiger partial charge < -0.3 is 15.3 Å². The van der Waals surface area contributed by atoms with Gasteiger partial charge in [0.15, 0.2) is 11.5 Å². The van der Waals surface area contributed by atoms with Crippen molar-refractivity contribution >= 4 is 28.9 Å². The summed E-state index contributed by atoms with van der Waals surface area (Å²) in [5.74, 6) is -0.797. The molecule has 0 unspecified atom stereocenters. The number of nitriles is 1. The quantitative estimate of drug-likeness (QED) is 0.355. The Balaban J connectivity index is 1.49. The molecule has 1 fully saturated rings. The van der Waals surface area contributed by atoms with Gasteiger partial charge in [0.1, 0.15) is 17.9 Å². The predicted molar refractivity (Wildman–Crippen MR) is 140 cm³/mol. The lowest BCUT2D eigenvalue weighted by Gasteiger charge is -2.22. The largest absolute Gasteiger partial charge is 0.387 e. The molecule has 5 rings (SSSR count). The summed E-state index contributed by atoms with van der Waals surface area (Å²) in [6.45, 7) is 3.12. The highest BCUT2D eigenvalue weighted by molar-refractivity contribution is 6.02. The van der Waals surface area contributed by atoms with Crippen molar-refractivity contribution in [2.75, 3.05) is 24.5 Å². The van der Waals surface area contributed by atoms with Crippen molar-refractivity contribution in [2.24, 2.45) is 4.99 Å². The van der Waals surface area contributed by atoms with Crippen molar-refractivity contribution in [3.05, 3.63) is 60.1 Å². The van der Waals surface area contributed by atoms with E-state index in [1.807, 2.05) is 11.0 Å². The smallest absolute Gasteiger partial charge is 0.255 e. The second-order valence-corrected chi connectivity index (χ2v) is 9.74. The number of nitrogens with one attached hydrogen (secondary N) is 1. The van der Waals surface area contributed by atoms with Gasteiger partial charge in [0.2, 0.25) is 5.95 Å². The van der Waals surface area contributed by atoms with Gasteiger partial charge in [0.05, 0.1) is 66.0 Å². The molecule has 1 amide bonds. The van der Waals surface area contributed by atoms with E-state index in [4.69, 9.17) is 10.3 Å². The number of hydrogen-bond donors (Lipinski definition) is 2. The Morgan fingerprint density at radius 3 is 2.70 bits per heavy atom. The minimum Gasteiger partial charge on any atom is -0.387 e. The maximum atomic E-state index is 14.3. The Morgan fingerprint density at radius 1 is 1.20 bits per heavy atom. The van der Waals surface area contributed by atoms with E-state index in [1.165, 1.54) is 30.8 Å². The van der Waals surface area contributed by atoms with Crippen LogP contribution in [0.15, 0.2) is 48.1 Å². The Morgan fingerprint density at radius 2 is 1.98 bits per heavy atom. The van der Waals surface area contributed by atoms with Crippen molar-refractivity contribution in [3.63, 3.8) is 0 Å². The monoisotopic (exact) mass is 546 g/mol. The topological polar surface area (TPSA) is 158 Å². The zero-order valence-corrected chi connectivity index (χ0v) is 21.6. The first kappa shape index (κ1) is 26.7. The lowest BCUT2D eigenvalue weighted by Crippen LogP contribution is -2.42. The van der Waals surface area contributed by atoms with E-state index >= 15 is 0 Å². The summed E-state index contributed by atoms with van der Waals surface area (Å²) in [4.78, 5) is 36.4. The van der Waals surface area contributed by atoms with E-state index in [0.29, 0.717) is 53.8 Å². The molecule has 1 atom stereocenters. The van der Waals surface area contributed by atoms with Crippen LogP contribution in [0.1, 0.15) is 36.2 Å². The average molecular weight is 547 g/mol. The number of anilines is 1. The van der Waals surface area contributed by atoms with Gasteiger partial charge in [-0.1, -0.05) is 0 Å². The third-order valence-electron chi connectivity index (χ3n) is 6.30. The van der Waals surface area contributed by atoms with Crippen molar-refractivity contribution < 1.29 is 18.7 Å². The number of pyridine rings is 1. The number of rotatable bonds is 7. The normalized spacial score (nSPS) is 15.4. The molecule has 1 aliphatic rings. The SMILES string of the molecule is CC(C)(O)[C@H](F)CNC(=O)c1cnc(-c2cnc3cc(C#N)cnn23)cc1N=C1CCN(c2ncc(F)cn2)C1. The van der Waals surface area contributed by atoms with Crippen molar-refractivity contribution in [3.8, 4) is 17.5 Å². The van der Waals surface area contributed by atoms with Crippen LogP contribution in [0.5, 0.6) is 0 Å². The number of aromatic nitrogens is 6. The van der Waals surface area contributed by atoms with Gasteiger partial charge in [-0.15, -0.1) is 0 Å². The van der Waals surface area contributed by atoms with E-state index < -0.39 is 30.0 Å². The number of aliphatic imine (C=N–C) groups is 1. The molecule has 4 aromatic heterocycles. The van der Waals surface area contributed by atoms with Crippen LogP contribution in [0.3, 0.4) is 0 Å². The van der Waals surface area contributed by atoms with Gasteiger partial charge in [-0.05, 0) is 19.9 Å². The van der Waals surface area contributed by atoms with E-state index in [9.17, 15) is 18.7 Å². The van der Waals surface area contributed by atoms with Crippen LogP contribution in [-0.4, -0.2) is 77.7 Å². The summed E-state index contributed by atoms with van der Waals surface area (Å²) in [6, 6.07) is 5.20. The van der Waals surface area contributed by atoms with Crippen molar-refractivity contribution in [1.29, 1.82) is 5.26 Å². The lowest BCUT2D eigenvalue weighted by atomic mass is 10.0. The van der Waals surface area contributed by atoms with Crippen LogP contribution in [0.4, 0.5) is 20.4 Å². The summed E-state index contributed by atoms with van der Waals surface area (Å²) in [7, 11) is 0. The molecule has 0 radical (unpaired) electrons. The summed E-state index contributed by atoms with van der Waals surface area (Å²) in [5, 5.41) is 25.8. The first-order valence-corrected chi connectivity index (χ1v) is 12.3. The van der Waals surface area contributed by atoms with Gasteiger partial charge in [0.25, 0.3) is 5.91 Å². The van der Waals surface area contributed by atoms with Gasteiger partial charge in [-0.3, -0.25) is 14.8 Å². The van der Waals surface area contributed by atoms with Crippen LogP contribution >= 0.6 is 0 Å². The Bertz CT molecular complexity index is 1640. The molecule has 5 heterocycles. The van der Waals surface area contributed by atoms with Crippen molar-refractivity contribution in [2.45, 2.75) is 32.0 Å². The fraction of sp³-hybridized carbons (Fsp3) is 0.308. The molecular weight excluding hydrogens is 522 g/mol. The molecule has 14 heteroatoms. The zero-order chi connectivity index (χ0) is 28.4. The van der Waals surface area contributed by atoms with E-state index in [-0.39, 0.29) is 11.3 Å². The van der Waals surface area contributed by atoms with E-state index in [2.05, 4.69) is 30.4 Å². The number of nitrogens with zero attached hydrogens (tertiary/aromatic N) is 9. The third-order valence-corrected chi connectivity index (χ3v) is 6.30. The second kappa shape index (κ2) is 10.7. The highest BCUT2D eigenvalue weighted by Gasteiger charge is 2.28. The maximum Gasteiger partial charge on any atom is 0.255 e. The molecule has 40 heavy (non-hydrogen) atoms. The number of amides is 1. The molecule has 0 aliphatic carbocycles. The number of alkyl halides is 1. The number of hydrogen-bond acceptors (Lipinski definition) is 10. The minimum absolute atomic E-state index is 0.101. The molecule has 204 valence electrons. The molecule has 0 saturated carbocycles. The molecule has 1 aliphatic heterocycles. The van der Waals surface area contributed by atoms with Crippen LogP contribution in [-0.2, 0) is 0 Å². The number of aliphatic hydroxyl groups is 1. The molecule has 2 N–H and O–H groups in total. The maximum absolute atomic E-state index is 14.3. The first-order chi connectivity index (χ1) is 19.1. The summed E-state index contributed by atoms with van der Waals surface area (Å²) >= 11 is 0. The van der Waals surface area contributed by atoms with Crippen LogP contribution in [0, 0.1) is 17.1 Å². The molecular formula is C26H24F2N10O2. The Labute approximate surface area is 227 Å². The zero-order valence-electron chi connectivity index (χ0n) is 21.6. The predicted octanol–water partition coefficient (Wildman–Crippen LogP) is 2.41. The fourth-order valence-corrected chi connectivity index (χ4v) is 4.03. The van der Waals surface area contributed by atoms with Crippen molar-refractivity contribution in [1.82, 2.24) is 34.9 Å². The second-order valence-electron chi connectivity index (χ2n) is 9.74. The van der Waals surface area contributed by atoms with Gasteiger partial charge in [-0.2, -0.15) is 10.4 Å². The van der Waals surface area contributed by atoms with Gasteiger partial charge in [-0.25, -0.2) is 28.2 Å². The Kier molecular flexibility index (Phi) is 7.14.